The number of piperidine rings is 1. The van der Waals surface area contributed by atoms with Gasteiger partial charge in [0.1, 0.15) is 18.1 Å². The molecule has 1 aliphatic rings. The maximum Gasteiger partial charge on any atom is 0.347 e. The van der Waals surface area contributed by atoms with Crippen LogP contribution in [0.3, 0.4) is 0 Å². The van der Waals surface area contributed by atoms with Crippen LogP contribution >= 0.6 is 0 Å². The van der Waals surface area contributed by atoms with E-state index in [1.807, 2.05) is 0 Å². The second-order valence-electron chi connectivity index (χ2n) is 6.14. The van der Waals surface area contributed by atoms with Gasteiger partial charge in [-0.3, -0.25) is 9.36 Å². The molecular weight excluding hydrogens is 325 g/mol. The van der Waals surface area contributed by atoms with Gasteiger partial charge in [-0.05, 0) is 43.2 Å². The van der Waals surface area contributed by atoms with E-state index in [0.29, 0.717) is 25.4 Å². The highest BCUT2D eigenvalue weighted by atomic mass is 19.1. The summed E-state index contributed by atoms with van der Waals surface area (Å²) in [5.41, 5.74) is -0.427. The van der Waals surface area contributed by atoms with Gasteiger partial charge in [0.2, 0.25) is 5.91 Å². The van der Waals surface area contributed by atoms with E-state index in [1.165, 1.54) is 22.9 Å². The van der Waals surface area contributed by atoms with Gasteiger partial charge >= 0.3 is 5.69 Å². The molecule has 7 heteroatoms. The third-order valence-corrected chi connectivity index (χ3v) is 4.26. The number of rotatable bonds is 5. The van der Waals surface area contributed by atoms with Gasteiger partial charge < -0.3 is 9.64 Å². The molecule has 0 saturated carbocycles. The van der Waals surface area contributed by atoms with Crippen molar-refractivity contribution in [1.82, 2.24) is 14.5 Å². The molecule has 1 aromatic carbocycles. The lowest BCUT2D eigenvalue weighted by molar-refractivity contribution is -0.133. The van der Waals surface area contributed by atoms with Gasteiger partial charge in [-0.1, -0.05) is 0 Å². The summed E-state index contributed by atoms with van der Waals surface area (Å²) in [5, 5.41) is 0. The average Bonchev–Trinajstić information content (AvgIpc) is 2.63. The predicted molar refractivity (Wildman–Crippen MR) is 89.7 cm³/mol. The van der Waals surface area contributed by atoms with E-state index in [-0.39, 0.29) is 24.2 Å². The molecule has 3 rings (SSSR count). The lowest BCUT2D eigenvalue weighted by Gasteiger charge is -2.32. The second-order valence-corrected chi connectivity index (χ2v) is 6.14. The van der Waals surface area contributed by atoms with Gasteiger partial charge in [0, 0.05) is 31.4 Å². The molecule has 1 aromatic heterocycles. The van der Waals surface area contributed by atoms with Crippen molar-refractivity contribution in [3.05, 3.63) is 59.0 Å². The first kappa shape index (κ1) is 17.1. The summed E-state index contributed by atoms with van der Waals surface area (Å²) in [4.78, 5) is 29.5. The van der Waals surface area contributed by atoms with Gasteiger partial charge in [-0.15, -0.1) is 0 Å². The number of hydrogen-bond donors (Lipinski definition) is 0. The number of likely N-dealkylation sites (tertiary alicyclic amines) is 1. The highest BCUT2D eigenvalue weighted by Crippen LogP contribution is 2.19. The molecule has 6 nitrogen and oxygen atoms in total. The minimum atomic E-state index is -0.427. The van der Waals surface area contributed by atoms with E-state index >= 15 is 0 Å². The Balaban J connectivity index is 1.53. The Morgan fingerprint density at radius 2 is 2.12 bits per heavy atom. The Bertz CT molecular complexity index is 776. The molecule has 1 aliphatic heterocycles. The van der Waals surface area contributed by atoms with Crippen LogP contribution in [0.15, 0.2) is 47.5 Å². The Morgan fingerprint density at radius 3 is 2.88 bits per heavy atom. The number of carbonyl (C=O) groups is 1. The Kier molecular flexibility index (Phi) is 5.42. The van der Waals surface area contributed by atoms with Gasteiger partial charge in [0.25, 0.3) is 0 Å². The maximum atomic E-state index is 12.9. The van der Waals surface area contributed by atoms with Crippen molar-refractivity contribution in [3.63, 3.8) is 0 Å². The van der Waals surface area contributed by atoms with Crippen LogP contribution in [0.2, 0.25) is 0 Å². The van der Waals surface area contributed by atoms with Crippen molar-refractivity contribution in [2.24, 2.45) is 5.92 Å². The molecule has 0 unspecified atom stereocenters. The summed E-state index contributed by atoms with van der Waals surface area (Å²) in [5.74, 6) is 0.439. The van der Waals surface area contributed by atoms with Crippen molar-refractivity contribution < 1.29 is 13.9 Å². The molecule has 2 heterocycles. The van der Waals surface area contributed by atoms with Crippen LogP contribution in [-0.4, -0.2) is 40.1 Å². The molecule has 0 bridgehead atoms. The number of amides is 1. The highest BCUT2D eigenvalue weighted by molar-refractivity contribution is 5.76. The van der Waals surface area contributed by atoms with Gasteiger partial charge in [0.05, 0.1) is 6.61 Å². The van der Waals surface area contributed by atoms with Crippen molar-refractivity contribution >= 4 is 5.91 Å². The topological polar surface area (TPSA) is 64.4 Å². The first-order valence-corrected chi connectivity index (χ1v) is 8.29. The molecule has 1 fully saturated rings. The summed E-state index contributed by atoms with van der Waals surface area (Å²) >= 11 is 0. The van der Waals surface area contributed by atoms with E-state index in [9.17, 15) is 14.0 Å². The van der Waals surface area contributed by atoms with Crippen molar-refractivity contribution in [2.45, 2.75) is 19.4 Å². The Hall–Kier alpha value is -2.70. The van der Waals surface area contributed by atoms with Crippen LogP contribution in [0.5, 0.6) is 5.75 Å². The lowest BCUT2D eigenvalue weighted by Crippen LogP contribution is -2.44. The fourth-order valence-electron chi connectivity index (χ4n) is 2.93. The minimum Gasteiger partial charge on any atom is -0.493 e. The van der Waals surface area contributed by atoms with Gasteiger partial charge in [-0.25, -0.2) is 14.2 Å². The SMILES string of the molecule is O=C(Cn1cccnc1=O)N1CCC[C@@H](COc2ccc(F)cc2)C1. The van der Waals surface area contributed by atoms with E-state index in [2.05, 4.69) is 4.98 Å². The number of benzene rings is 1. The average molecular weight is 345 g/mol. The highest BCUT2D eigenvalue weighted by Gasteiger charge is 2.24. The smallest absolute Gasteiger partial charge is 0.347 e. The molecule has 0 aliphatic carbocycles. The molecule has 1 saturated heterocycles. The molecule has 1 amide bonds. The first-order chi connectivity index (χ1) is 12.1. The fraction of sp³-hybridized carbons (Fsp3) is 0.389. The summed E-state index contributed by atoms with van der Waals surface area (Å²) in [6.45, 7) is 1.75. The van der Waals surface area contributed by atoms with Crippen LogP contribution in [0.25, 0.3) is 0 Å². The van der Waals surface area contributed by atoms with Crippen LogP contribution in [-0.2, 0) is 11.3 Å². The third kappa shape index (κ3) is 4.65. The first-order valence-electron chi connectivity index (χ1n) is 8.29. The van der Waals surface area contributed by atoms with Crippen molar-refractivity contribution in [2.75, 3.05) is 19.7 Å². The quantitative estimate of drug-likeness (QED) is 0.827. The number of nitrogens with zero attached hydrogens (tertiary/aromatic N) is 3. The Labute approximate surface area is 144 Å². The minimum absolute atomic E-state index is 0.00177. The van der Waals surface area contributed by atoms with Crippen LogP contribution in [0, 0.1) is 11.7 Å². The molecule has 25 heavy (non-hydrogen) atoms. The number of aromatic nitrogens is 2. The lowest BCUT2D eigenvalue weighted by atomic mass is 9.99. The van der Waals surface area contributed by atoms with Gasteiger partial charge in [0.15, 0.2) is 0 Å². The maximum absolute atomic E-state index is 12.9. The number of halogens is 1. The summed E-state index contributed by atoms with van der Waals surface area (Å²) in [6.07, 6.45) is 4.84. The zero-order valence-electron chi connectivity index (χ0n) is 13.8. The number of hydrogen-bond acceptors (Lipinski definition) is 4. The standard InChI is InChI=1S/C18H20FN3O3/c19-15-4-6-16(7-5-15)25-13-14-3-1-9-21(11-14)17(23)12-22-10-2-8-20-18(22)24/h2,4-8,10,14H,1,3,9,11-13H2/t14-/m1/s1. The van der Waals surface area contributed by atoms with Gasteiger partial charge in [-0.2, -0.15) is 0 Å². The van der Waals surface area contributed by atoms with Crippen LogP contribution in [0.4, 0.5) is 4.39 Å². The zero-order valence-corrected chi connectivity index (χ0v) is 13.8. The molecule has 0 N–H and O–H groups in total. The number of ether oxygens (including phenoxy) is 1. The third-order valence-electron chi connectivity index (χ3n) is 4.26. The molecule has 132 valence electrons. The van der Waals surface area contributed by atoms with Crippen LogP contribution in [0.1, 0.15) is 12.8 Å². The van der Waals surface area contributed by atoms with Crippen LogP contribution < -0.4 is 10.4 Å². The van der Waals surface area contributed by atoms with E-state index in [0.717, 1.165) is 12.8 Å². The molecule has 2 aromatic rings. The van der Waals surface area contributed by atoms with E-state index in [4.69, 9.17) is 4.74 Å². The fourth-order valence-corrected chi connectivity index (χ4v) is 2.93. The zero-order chi connectivity index (χ0) is 17.6. The largest absolute Gasteiger partial charge is 0.493 e. The normalized spacial score (nSPS) is 17.3. The van der Waals surface area contributed by atoms with Crippen molar-refractivity contribution in [3.8, 4) is 5.75 Å². The van der Waals surface area contributed by atoms with E-state index < -0.39 is 5.69 Å². The summed E-state index contributed by atoms with van der Waals surface area (Å²) < 4.78 is 19.9. The second kappa shape index (κ2) is 7.92. The summed E-state index contributed by atoms with van der Waals surface area (Å²) in [6, 6.07) is 7.53. The molecule has 0 radical (unpaired) electrons. The summed E-state index contributed by atoms with van der Waals surface area (Å²) in [7, 11) is 0. The molecule has 0 spiro atoms. The van der Waals surface area contributed by atoms with E-state index in [1.54, 1.807) is 29.3 Å². The monoisotopic (exact) mass is 345 g/mol. The molecule has 1 atom stereocenters. The number of carbonyl (C=O) groups excluding carboxylic acids is 1. The molecular formula is C18H20FN3O3. The predicted octanol–water partition coefficient (Wildman–Crippen LogP) is 1.70. The Morgan fingerprint density at radius 1 is 1.32 bits per heavy atom. The van der Waals surface area contributed by atoms with Crippen molar-refractivity contribution in [1.29, 1.82) is 0 Å².